The Bertz CT molecular complexity index is 955. The van der Waals surface area contributed by atoms with Gasteiger partial charge in [-0.1, -0.05) is 23.4 Å². The van der Waals surface area contributed by atoms with Gasteiger partial charge >= 0.3 is 0 Å². The first-order chi connectivity index (χ1) is 13.2. The molecule has 27 heavy (non-hydrogen) atoms. The lowest BCUT2D eigenvalue weighted by Crippen LogP contribution is -2.24. The fraction of sp³-hybridized carbons (Fsp3) is 0.250. The van der Waals surface area contributed by atoms with Crippen molar-refractivity contribution >= 4 is 11.6 Å². The highest BCUT2D eigenvalue weighted by Crippen LogP contribution is 2.34. The zero-order chi connectivity index (χ0) is 18.8. The van der Waals surface area contributed by atoms with Crippen LogP contribution < -0.4 is 14.4 Å². The molecule has 0 radical (unpaired) electrons. The maximum absolute atomic E-state index is 12.4. The summed E-state index contributed by atoms with van der Waals surface area (Å²) >= 11 is 0. The van der Waals surface area contributed by atoms with Crippen molar-refractivity contribution in [3.05, 3.63) is 54.4 Å². The molecule has 1 fully saturated rings. The van der Waals surface area contributed by atoms with Crippen molar-refractivity contribution in [2.24, 2.45) is 0 Å². The van der Waals surface area contributed by atoms with Gasteiger partial charge in [-0.3, -0.25) is 4.79 Å². The molecule has 0 aliphatic carbocycles. The normalized spacial score (nSPS) is 16.6. The summed E-state index contributed by atoms with van der Waals surface area (Å²) in [5.41, 5.74) is 1.64. The molecule has 2 aromatic carbocycles. The van der Waals surface area contributed by atoms with Crippen LogP contribution in [0.2, 0.25) is 0 Å². The van der Waals surface area contributed by atoms with Gasteiger partial charge in [-0.05, 0) is 30.3 Å². The maximum atomic E-state index is 12.4. The van der Waals surface area contributed by atoms with Crippen molar-refractivity contribution in [1.82, 2.24) is 10.1 Å². The van der Waals surface area contributed by atoms with Gasteiger partial charge in [0.2, 0.25) is 17.6 Å². The van der Waals surface area contributed by atoms with Gasteiger partial charge in [0.25, 0.3) is 0 Å². The van der Waals surface area contributed by atoms with Crippen LogP contribution >= 0.6 is 0 Å². The summed E-state index contributed by atoms with van der Waals surface area (Å²) in [6.45, 7) is 0.524. The lowest BCUT2D eigenvalue weighted by Gasteiger charge is -2.15. The Morgan fingerprint density at radius 3 is 2.59 bits per heavy atom. The first-order valence-electron chi connectivity index (χ1n) is 8.61. The topological polar surface area (TPSA) is 77.7 Å². The third kappa shape index (κ3) is 3.23. The summed E-state index contributed by atoms with van der Waals surface area (Å²) in [6, 6.07) is 15.0. The number of methoxy groups -OCH3 is 2. The molecule has 1 atom stereocenters. The van der Waals surface area contributed by atoms with Crippen LogP contribution in [0.3, 0.4) is 0 Å². The molecule has 1 saturated heterocycles. The van der Waals surface area contributed by atoms with Crippen molar-refractivity contribution in [3.8, 4) is 22.9 Å². The number of carbonyl (C=O) groups is 1. The van der Waals surface area contributed by atoms with Crippen LogP contribution in [0.1, 0.15) is 18.2 Å². The van der Waals surface area contributed by atoms with Crippen molar-refractivity contribution in [2.75, 3.05) is 25.7 Å². The quantitative estimate of drug-likeness (QED) is 0.691. The number of para-hydroxylation sites is 1. The molecule has 1 unspecified atom stereocenters. The van der Waals surface area contributed by atoms with Gasteiger partial charge in [-0.25, -0.2) is 0 Å². The summed E-state index contributed by atoms with van der Waals surface area (Å²) in [7, 11) is 3.16. The van der Waals surface area contributed by atoms with E-state index in [9.17, 15) is 4.79 Å². The SMILES string of the molecule is COc1ccc(-c2noc(C3CC(=O)N(c4ccccc4)C3)n2)cc1OC. The number of ether oxygens (including phenoxy) is 2. The molecular weight excluding hydrogens is 346 g/mol. The van der Waals surface area contributed by atoms with Crippen LogP contribution in [0.4, 0.5) is 5.69 Å². The largest absolute Gasteiger partial charge is 0.493 e. The lowest BCUT2D eigenvalue weighted by molar-refractivity contribution is -0.117. The Hall–Kier alpha value is -3.35. The van der Waals surface area contributed by atoms with E-state index in [1.165, 1.54) is 0 Å². The predicted molar refractivity (Wildman–Crippen MR) is 99.0 cm³/mol. The molecule has 3 aromatic rings. The first kappa shape index (κ1) is 17.1. The smallest absolute Gasteiger partial charge is 0.232 e. The molecular formula is C20H19N3O4. The molecule has 2 heterocycles. The standard InChI is InChI=1S/C20H19N3O4/c1-25-16-9-8-13(10-17(16)26-2)19-21-20(27-22-19)14-11-18(24)23(12-14)15-6-4-3-5-7-15/h3-10,14H,11-12H2,1-2H3. The second-order valence-corrected chi connectivity index (χ2v) is 6.27. The van der Waals surface area contributed by atoms with Crippen LogP contribution in [-0.2, 0) is 4.79 Å². The fourth-order valence-electron chi connectivity index (χ4n) is 3.22. The average molecular weight is 365 g/mol. The number of amides is 1. The molecule has 0 bridgehead atoms. The molecule has 0 saturated carbocycles. The van der Waals surface area contributed by atoms with Gasteiger partial charge in [-0.15, -0.1) is 0 Å². The van der Waals surface area contributed by atoms with E-state index in [1.54, 1.807) is 31.3 Å². The second-order valence-electron chi connectivity index (χ2n) is 6.27. The second kappa shape index (κ2) is 7.11. The van der Waals surface area contributed by atoms with E-state index >= 15 is 0 Å². The molecule has 0 N–H and O–H groups in total. The minimum Gasteiger partial charge on any atom is -0.493 e. The molecule has 1 aliphatic heterocycles. The average Bonchev–Trinajstić information content (AvgIpc) is 3.35. The Balaban J connectivity index is 1.56. The molecule has 1 amide bonds. The van der Waals surface area contributed by atoms with Crippen LogP contribution in [-0.4, -0.2) is 36.8 Å². The van der Waals surface area contributed by atoms with E-state index in [1.807, 2.05) is 36.4 Å². The van der Waals surface area contributed by atoms with E-state index in [0.29, 0.717) is 36.2 Å². The number of aromatic nitrogens is 2. The zero-order valence-electron chi connectivity index (χ0n) is 15.1. The third-order valence-electron chi connectivity index (χ3n) is 4.63. The molecule has 7 heteroatoms. The van der Waals surface area contributed by atoms with E-state index in [-0.39, 0.29) is 11.8 Å². The summed E-state index contributed by atoms with van der Waals surface area (Å²) in [5, 5.41) is 4.07. The van der Waals surface area contributed by atoms with Gasteiger partial charge in [-0.2, -0.15) is 4.98 Å². The maximum Gasteiger partial charge on any atom is 0.232 e. The minimum atomic E-state index is -0.126. The van der Waals surface area contributed by atoms with Crippen LogP contribution in [0.25, 0.3) is 11.4 Å². The summed E-state index contributed by atoms with van der Waals surface area (Å²) in [4.78, 5) is 18.7. The monoisotopic (exact) mass is 365 g/mol. The number of anilines is 1. The van der Waals surface area contributed by atoms with Gasteiger partial charge in [0, 0.05) is 24.2 Å². The number of rotatable bonds is 5. The predicted octanol–water partition coefficient (Wildman–Crippen LogP) is 3.27. The number of benzene rings is 2. The highest BCUT2D eigenvalue weighted by atomic mass is 16.5. The van der Waals surface area contributed by atoms with Crippen LogP contribution in [0, 0.1) is 0 Å². The number of hydrogen-bond donors (Lipinski definition) is 0. The van der Waals surface area contributed by atoms with Crippen LogP contribution in [0.5, 0.6) is 11.5 Å². The van der Waals surface area contributed by atoms with E-state index in [4.69, 9.17) is 14.0 Å². The molecule has 1 aliphatic rings. The molecule has 7 nitrogen and oxygen atoms in total. The van der Waals surface area contributed by atoms with Gasteiger partial charge in [0.05, 0.1) is 20.1 Å². The number of nitrogens with zero attached hydrogens (tertiary/aromatic N) is 3. The van der Waals surface area contributed by atoms with Crippen molar-refractivity contribution in [3.63, 3.8) is 0 Å². The van der Waals surface area contributed by atoms with Crippen LogP contribution in [0.15, 0.2) is 53.1 Å². The fourth-order valence-corrected chi connectivity index (χ4v) is 3.22. The molecule has 0 spiro atoms. The van der Waals surface area contributed by atoms with E-state index < -0.39 is 0 Å². The van der Waals surface area contributed by atoms with Crippen molar-refractivity contribution in [1.29, 1.82) is 0 Å². The Kier molecular flexibility index (Phi) is 4.50. The zero-order valence-corrected chi connectivity index (χ0v) is 15.1. The molecule has 1 aromatic heterocycles. The summed E-state index contributed by atoms with van der Waals surface area (Å²) < 4.78 is 16.0. The molecule has 138 valence electrons. The third-order valence-corrected chi connectivity index (χ3v) is 4.63. The first-order valence-corrected chi connectivity index (χ1v) is 8.61. The summed E-state index contributed by atoms with van der Waals surface area (Å²) in [5.74, 6) is 2.07. The Morgan fingerprint density at radius 2 is 1.85 bits per heavy atom. The number of carbonyl (C=O) groups excluding carboxylic acids is 1. The lowest BCUT2D eigenvalue weighted by atomic mass is 10.1. The molecule has 4 rings (SSSR count). The van der Waals surface area contributed by atoms with Crippen molar-refractivity contribution < 1.29 is 18.8 Å². The minimum absolute atomic E-state index is 0.0528. The van der Waals surface area contributed by atoms with Crippen molar-refractivity contribution in [2.45, 2.75) is 12.3 Å². The highest BCUT2D eigenvalue weighted by molar-refractivity contribution is 5.96. The van der Waals surface area contributed by atoms with Gasteiger partial charge in [0.1, 0.15) is 0 Å². The van der Waals surface area contributed by atoms with Gasteiger partial charge in [0.15, 0.2) is 11.5 Å². The highest BCUT2D eigenvalue weighted by Gasteiger charge is 2.35. The van der Waals surface area contributed by atoms with E-state index in [0.717, 1.165) is 11.3 Å². The summed E-state index contributed by atoms with van der Waals surface area (Å²) in [6.07, 6.45) is 0.350. The Labute approximate surface area is 156 Å². The van der Waals surface area contributed by atoms with Gasteiger partial charge < -0.3 is 18.9 Å². The van der Waals surface area contributed by atoms with E-state index in [2.05, 4.69) is 10.1 Å². The Morgan fingerprint density at radius 1 is 1.07 bits per heavy atom. The number of hydrogen-bond acceptors (Lipinski definition) is 6.